The molecule has 2 rings (SSSR count). The second-order valence-corrected chi connectivity index (χ2v) is 5.13. The zero-order chi connectivity index (χ0) is 17.4. The van der Waals surface area contributed by atoms with Gasteiger partial charge in [0.25, 0.3) is 5.91 Å². The van der Waals surface area contributed by atoms with E-state index < -0.39 is 5.91 Å². The van der Waals surface area contributed by atoms with Crippen molar-refractivity contribution < 1.29 is 19.4 Å². The topological polar surface area (TPSA) is 80.2 Å². The number of amides is 1. The van der Waals surface area contributed by atoms with Crippen molar-refractivity contribution in [1.82, 2.24) is 5.43 Å². The van der Waals surface area contributed by atoms with Crippen LogP contribution in [0.15, 0.2) is 47.6 Å². The van der Waals surface area contributed by atoms with Gasteiger partial charge < -0.3 is 14.6 Å². The molecule has 0 aliphatic rings. The number of phenolic OH excluding ortho intramolecular Hbond substituents is 1. The van der Waals surface area contributed by atoms with E-state index in [9.17, 15) is 9.90 Å². The van der Waals surface area contributed by atoms with Crippen LogP contribution in [0.1, 0.15) is 12.5 Å². The Kier molecular flexibility index (Phi) is 6.45. The van der Waals surface area contributed by atoms with Gasteiger partial charge >= 0.3 is 0 Å². The zero-order valence-corrected chi connectivity index (χ0v) is 13.8. The van der Waals surface area contributed by atoms with Crippen LogP contribution >= 0.6 is 11.6 Å². The molecule has 6 nitrogen and oxygen atoms in total. The van der Waals surface area contributed by atoms with Crippen molar-refractivity contribution in [1.29, 1.82) is 0 Å². The third-order valence-corrected chi connectivity index (χ3v) is 3.14. The fourth-order valence-corrected chi connectivity index (χ4v) is 1.90. The summed E-state index contributed by atoms with van der Waals surface area (Å²) < 4.78 is 10.5. The number of hydrogen-bond acceptors (Lipinski definition) is 5. The van der Waals surface area contributed by atoms with Crippen LogP contribution in [-0.2, 0) is 4.79 Å². The Balaban J connectivity index is 1.82. The van der Waals surface area contributed by atoms with Gasteiger partial charge in [0.2, 0.25) is 0 Å². The molecule has 0 aromatic heterocycles. The molecule has 2 aromatic rings. The molecular formula is C17H17ClN2O4. The lowest BCUT2D eigenvalue weighted by atomic mass is 10.2. The summed E-state index contributed by atoms with van der Waals surface area (Å²) in [6, 6.07) is 11.5. The van der Waals surface area contributed by atoms with Crippen molar-refractivity contribution >= 4 is 23.7 Å². The van der Waals surface area contributed by atoms with E-state index in [4.69, 9.17) is 21.1 Å². The molecule has 0 bridgehead atoms. The molecule has 2 N–H and O–H groups in total. The first kappa shape index (κ1) is 17.6. The SMILES string of the molecule is CCOc1ccc(C=NNC(=O)COc2ccc(Cl)cc2)c(O)c1. The van der Waals surface area contributed by atoms with Crippen LogP contribution in [0.2, 0.25) is 5.02 Å². The quantitative estimate of drug-likeness (QED) is 0.595. The van der Waals surface area contributed by atoms with Crippen LogP contribution in [0.5, 0.6) is 17.2 Å². The largest absolute Gasteiger partial charge is 0.507 e. The second-order valence-electron chi connectivity index (χ2n) is 4.69. The summed E-state index contributed by atoms with van der Waals surface area (Å²) in [5, 5.41) is 14.2. The Hall–Kier alpha value is -2.73. The van der Waals surface area contributed by atoms with Gasteiger partial charge in [0.1, 0.15) is 17.2 Å². The van der Waals surface area contributed by atoms with Crippen LogP contribution in [0.25, 0.3) is 0 Å². The molecule has 0 saturated heterocycles. The van der Waals surface area contributed by atoms with Gasteiger partial charge in [-0.2, -0.15) is 5.10 Å². The fraction of sp³-hybridized carbons (Fsp3) is 0.176. The first-order valence-electron chi connectivity index (χ1n) is 7.24. The molecule has 0 saturated carbocycles. The third kappa shape index (κ3) is 5.48. The summed E-state index contributed by atoms with van der Waals surface area (Å²) in [4.78, 5) is 11.6. The number of benzene rings is 2. The molecule has 0 atom stereocenters. The smallest absolute Gasteiger partial charge is 0.277 e. The maximum absolute atomic E-state index is 11.6. The number of aromatic hydroxyl groups is 1. The monoisotopic (exact) mass is 348 g/mol. The molecule has 24 heavy (non-hydrogen) atoms. The molecule has 0 spiro atoms. The van der Waals surface area contributed by atoms with Crippen molar-refractivity contribution in [3.8, 4) is 17.2 Å². The summed E-state index contributed by atoms with van der Waals surface area (Å²) in [6.45, 7) is 2.18. The van der Waals surface area contributed by atoms with E-state index in [1.54, 1.807) is 36.4 Å². The summed E-state index contributed by atoms with van der Waals surface area (Å²) in [5.41, 5.74) is 2.77. The number of nitrogens with one attached hydrogen (secondary N) is 1. The zero-order valence-electron chi connectivity index (χ0n) is 13.0. The second kappa shape index (κ2) is 8.79. The van der Waals surface area contributed by atoms with Gasteiger partial charge in [-0.05, 0) is 43.3 Å². The fourth-order valence-electron chi connectivity index (χ4n) is 1.77. The predicted molar refractivity (Wildman–Crippen MR) is 92.0 cm³/mol. The Morgan fingerprint density at radius 3 is 2.58 bits per heavy atom. The summed E-state index contributed by atoms with van der Waals surface area (Å²) in [5.74, 6) is 0.679. The minimum Gasteiger partial charge on any atom is -0.507 e. The van der Waals surface area contributed by atoms with E-state index >= 15 is 0 Å². The average molecular weight is 349 g/mol. The van der Waals surface area contributed by atoms with Gasteiger partial charge in [-0.3, -0.25) is 4.79 Å². The van der Waals surface area contributed by atoms with Gasteiger partial charge in [0, 0.05) is 16.7 Å². The summed E-state index contributed by atoms with van der Waals surface area (Å²) in [7, 11) is 0. The lowest BCUT2D eigenvalue weighted by molar-refractivity contribution is -0.123. The number of carbonyl (C=O) groups is 1. The maximum Gasteiger partial charge on any atom is 0.277 e. The van der Waals surface area contributed by atoms with Gasteiger partial charge in [-0.15, -0.1) is 0 Å². The highest BCUT2D eigenvalue weighted by Crippen LogP contribution is 2.22. The highest BCUT2D eigenvalue weighted by Gasteiger charge is 2.03. The van der Waals surface area contributed by atoms with Crippen molar-refractivity contribution in [2.75, 3.05) is 13.2 Å². The Morgan fingerprint density at radius 2 is 1.92 bits per heavy atom. The molecule has 0 unspecified atom stereocenters. The van der Waals surface area contributed by atoms with Crippen molar-refractivity contribution in [3.63, 3.8) is 0 Å². The van der Waals surface area contributed by atoms with E-state index in [0.717, 1.165) is 0 Å². The molecule has 2 aromatic carbocycles. The third-order valence-electron chi connectivity index (χ3n) is 2.89. The normalized spacial score (nSPS) is 10.6. The number of ether oxygens (including phenoxy) is 2. The van der Waals surface area contributed by atoms with Crippen LogP contribution in [-0.4, -0.2) is 30.4 Å². The molecule has 0 radical (unpaired) electrons. The summed E-state index contributed by atoms with van der Waals surface area (Å²) >= 11 is 5.76. The number of rotatable bonds is 7. The molecule has 7 heteroatoms. The molecule has 0 aliphatic heterocycles. The van der Waals surface area contributed by atoms with Crippen LogP contribution < -0.4 is 14.9 Å². The first-order valence-corrected chi connectivity index (χ1v) is 7.62. The van der Waals surface area contributed by atoms with Crippen LogP contribution in [0, 0.1) is 0 Å². The van der Waals surface area contributed by atoms with E-state index in [0.29, 0.717) is 28.7 Å². The minimum atomic E-state index is -0.424. The number of halogens is 1. The van der Waals surface area contributed by atoms with Crippen molar-refractivity contribution in [2.24, 2.45) is 5.10 Å². The van der Waals surface area contributed by atoms with Crippen LogP contribution in [0.3, 0.4) is 0 Å². The number of carbonyl (C=O) groups excluding carboxylic acids is 1. The van der Waals surface area contributed by atoms with Gasteiger partial charge in [-0.1, -0.05) is 11.6 Å². The Labute approximate surface area is 144 Å². The standard InChI is InChI=1S/C17H17ClN2O4/c1-2-23-15-6-3-12(16(21)9-15)10-19-20-17(22)11-24-14-7-4-13(18)5-8-14/h3-10,21H,2,11H2,1H3,(H,20,22). The van der Waals surface area contributed by atoms with Gasteiger partial charge in [0.05, 0.1) is 12.8 Å². The number of nitrogens with zero attached hydrogens (tertiary/aromatic N) is 1. The maximum atomic E-state index is 11.6. The molecule has 0 fully saturated rings. The predicted octanol–water partition coefficient (Wildman–Crippen LogP) is 2.97. The van der Waals surface area contributed by atoms with Crippen LogP contribution in [0.4, 0.5) is 0 Å². The molecular weight excluding hydrogens is 332 g/mol. The lowest BCUT2D eigenvalue weighted by Gasteiger charge is -2.06. The first-order chi connectivity index (χ1) is 11.6. The number of phenols is 1. The van der Waals surface area contributed by atoms with E-state index in [1.165, 1.54) is 12.3 Å². The van der Waals surface area contributed by atoms with Gasteiger partial charge in [0.15, 0.2) is 6.61 Å². The molecule has 0 aliphatic carbocycles. The van der Waals surface area contributed by atoms with Crippen molar-refractivity contribution in [2.45, 2.75) is 6.92 Å². The van der Waals surface area contributed by atoms with E-state index in [1.807, 2.05) is 6.92 Å². The highest BCUT2D eigenvalue weighted by atomic mass is 35.5. The molecule has 1 amide bonds. The molecule has 126 valence electrons. The minimum absolute atomic E-state index is 0.0105. The molecule has 0 heterocycles. The van der Waals surface area contributed by atoms with E-state index in [2.05, 4.69) is 10.5 Å². The number of hydrogen-bond donors (Lipinski definition) is 2. The van der Waals surface area contributed by atoms with Gasteiger partial charge in [-0.25, -0.2) is 5.43 Å². The van der Waals surface area contributed by atoms with Crippen molar-refractivity contribution in [3.05, 3.63) is 53.1 Å². The Bertz CT molecular complexity index is 717. The summed E-state index contributed by atoms with van der Waals surface area (Å²) in [6.07, 6.45) is 1.34. The average Bonchev–Trinajstić information content (AvgIpc) is 2.56. The lowest BCUT2D eigenvalue weighted by Crippen LogP contribution is -2.24. The Morgan fingerprint density at radius 1 is 1.21 bits per heavy atom. The number of hydrazone groups is 1. The van der Waals surface area contributed by atoms with E-state index in [-0.39, 0.29) is 12.4 Å². The highest BCUT2D eigenvalue weighted by molar-refractivity contribution is 6.30.